The van der Waals surface area contributed by atoms with Crippen molar-refractivity contribution in [2.75, 3.05) is 0 Å². The minimum atomic E-state index is 1.19. The van der Waals surface area contributed by atoms with E-state index >= 15 is 0 Å². The topological polar surface area (TPSA) is 0 Å². The third-order valence-electron chi connectivity index (χ3n) is 17.6. The Kier molecular flexibility index (Phi) is 10.4. The lowest BCUT2D eigenvalue weighted by molar-refractivity contribution is 1.58. The minimum Gasteiger partial charge on any atom is -0.0622 e. The fourth-order valence-electron chi connectivity index (χ4n) is 14.1. The van der Waals surface area contributed by atoms with Crippen molar-refractivity contribution in [2.24, 2.45) is 0 Å². The average molecular weight is 1040 g/mol. The third-order valence-corrected chi connectivity index (χ3v) is 17.6. The second-order valence-electron chi connectivity index (χ2n) is 22.2. The van der Waals surface area contributed by atoms with Crippen LogP contribution in [-0.2, 0) is 0 Å². The second kappa shape index (κ2) is 18.5. The molecule has 0 N–H and O–H groups in total. The van der Waals surface area contributed by atoms with E-state index in [9.17, 15) is 0 Å². The lowest BCUT2D eigenvalue weighted by Gasteiger charge is -2.21. The predicted octanol–water partition coefficient (Wildman–Crippen LogP) is 23.1. The van der Waals surface area contributed by atoms with E-state index in [0.29, 0.717) is 0 Å². The van der Waals surface area contributed by atoms with Gasteiger partial charge in [-0.3, -0.25) is 0 Å². The maximum absolute atomic E-state index is 2.60. The largest absolute Gasteiger partial charge is 0.0622 e. The molecule has 0 saturated carbocycles. The van der Waals surface area contributed by atoms with E-state index in [1.54, 1.807) is 0 Å². The van der Waals surface area contributed by atoms with Crippen molar-refractivity contribution in [3.8, 4) is 89.0 Å². The predicted molar refractivity (Wildman–Crippen MR) is 352 cm³/mol. The van der Waals surface area contributed by atoms with Crippen LogP contribution in [0.25, 0.3) is 175 Å². The molecule has 0 heteroatoms. The molecule has 0 aromatic heterocycles. The first kappa shape index (κ1) is 46.3. The van der Waals surface area contributed by atoms with Gasteiger partial charge >= 0.3 is 0 Å². The fraction of sp³-hybridized carbons (Fsp3) is 0. The molecule has 0 nitrogen and oxygen atoms in total. The summed E-state index contributed by atoms with van der Waals surface area (Å²) in [4.78, 5) is 0. The molecule has 17 aromatic rings. The highest BCUT2D eigenvalue weighted by Gasteiger charge is 2.28. The highest BCUT2D eigenvalue weighted by atomic mass is 14.3. The fourth-order valence-corrected chi connectivity index (χ4v) is 14.1. The van der Waals surface area contributed by atoms with Crippen LogP contribution in [0.5, 0.6) is 0 Å². The molecule has 378 valence electrons. The molecule has 0 atom stereocenters. The van der Waals surface area contributed by atoms with Gasteiger partial charge in [0.15, 0.2) is 0 Å². The average Bonchev–Trinajstić information content (AvgIpc) is 1.68. The zero-order chi connectivity index (χ0) is 53.8. The van der Waals surface area contributed by atoms with Gasteiger partial charge in [0.25, 0.3) is 0 Å². The molecule has 0 radical (unpaired) electrons. The molecule has 0 heterocycles. The molecule has 0 saturated heterocycles. The second-order valence-corrected chi connectivity index (χ2v) is 22.2. The summed E-state index contributed by atoms with van der Waals surface area (Å²) in [6, 6.07) is 114. The molecule has 0 spiro atoms. The summed E-state index contributed by atoms with van der Waals surface area (Å²) in [6.07, 6.45) is 0. The number of hydrogen-bond acceptors (Lipinski definition) is 0. The molecule has 0 aliphatic rings. The lowest BCUT2D eigenvalue weighted by Crippen LogP contribution is -1.94. The summed E-state index contributed by atoms with van der Waals surface area (Å²) >= 11 is 0. The summed E-state index contributed by atoms with van der Waals surface area (Å²) in [5.41, 5.74) is 19.3. The Bertz CT molecular complexity index is 5220. The molecule has 0 amide bonds. The van der Waals surface area contributed by atoms with Crippen LogP contribution in [-0.4, -0.2) is 0 Å². The molecular formula is C82H50. The Morgan fingerprint density at radius 2 is 0.537 bits per heavy atom. The van der Waals surface area contributed by atoms with E-state index in [1.165, 1.54) is 175 Å². The van der Waals surface area contributed by atoms with Gasteiger partial charge in [-0.2, -0.15) is 0 Å². The maximum Gasteiger partial charge on any atom is -0.000696 e. The van der Waals surface area contributed by atoms with Gasteiger partial charge in [-0.05, 0) is 230 Å². The van der Waals surface area contributed by atoms with Crippen LogP contribution in [0, 0.1) is 0 Å². The van der Waals surface area contributed by atoms with Crippen LogP contribution in [0.3, 0.4) is 0 Å². The summed E-state index contributed by atoms with van der Waals surface area (Å²) in [7, 11) is 0. The van der Waals surface area contributed by atoms with Crippen LogP contribution in [0.1, 0.15) is 0 Å². The van der Waals surface area contributed by atoms with E-state index in [4.69, 9.17) is 0 Å². The monoisotopic (exact) mass is 1030 g/mol. The molecule has 0 aliphatic carbocycles. The van der Waals surface area contributed by atoms with Gasteiger partial charge in [-0.1, -0.05) is 249 Å². The summed E-state index contributed by atoms with van der Waals surface area (Å²) < 4.78 is 0. The van der Waals surface area contributed by atoms with Crippen LogP contribution in [0.4, 0.5) is 0 Å². The van der Waals surface area contributed by atoms with Crippen molar-refractivity contribution in [3.63, 3.8) is 0 Å². The quantitative estimate of drug-likeness (QED) is 0.133. The lowest BCUT2D eigenvalue weighted by atomic mass is 9.81. The molecular weight excluding hydrogens is 985 g/mol. The van der Waals surface area contributed by atoms with Crippen molar-refractivity contribution >= 4 is 86.2 Å². The SMILES string of the molecule is c1ccc(-c2cc(-c3ccccc3)cc(-c3c4cc5c6ccc(-c7ccccc7-c7ccccc7)cc6c6cccc(c4c(-c4cc(-c7ccccc7)cc(-c7ccccc7)c4)c4c7cc8ccccc8c8cccc(c34)c87)c65)c2)cc1. The van der Waals surface area contributed by atoms with Gasteiger partial charge in [0.2, 0.25) is 0 Å². The van der Waals surface area contributed by atoms with Gasteiger partial charge in [0, 0.05) is 0 Å². The van der Waals surface area contributed by atoms with Crippen molar-refractivity contribution in [1.82, 2.24) is 0 Å². The van der Waals surface area contributed by atoms with Gasteiger partial charge in [0.05, 0.1) is 0 Å². The maximum atomic E-state index is 2.60. The molecule has 17 rings (SSSR count). The van der Waals surface area contributed by atoms with Crippen molar-refractivity contribution in [3.05, 3.63) is 303 Å². The van der Waals surface area contributed by atoms with Crippen molar-refractivity contribution < 1.29 is 0 Å². The Morgan fingerprint density at radius 1 is 0.134 bits per heavy atom. The van der Waals surface area contributed by atoms with Gasteiger partial charge in [0.1, 0.15) is 0 Å². The number of rotatable bonds is 8. The van der Waals surface area contributed by atoms with Gasteiger partial charge < -0.3 is 0 Å². The van der Waals surface area contributed by atoms with Crippen LogP contribution in [0.2, 0.25) is 0 Å². The third kappa shape index (κ3) is 7.18. The highest BCUT2D eigenvalue weighted by molar-refractivity contribution is 6.46. The molecule has 0 aliphatic heterocycles. The molecule has 0 fully saturated rings. The number of fused-ring (bicyclic) bond motifs is 10. The molecule has 0 bridgehead atoms. The Hall–Kier alpha value is -10.7. The van der Waals surface area contributed by atoms with Crippen molar-refractivity contribution in [1.29, 1.82) is 0 Å². The minimum absolute atomic E-state index is 1.19. The van der Waals surface area contributed by atoms with E-state index < -0.39 is 0 Å². The van der Waals surface area contributed by atoms with E-state index in [2.05, 4.69) is 303 Å². The molecule has 82 heavy (non-hydrogen) atoms. The van der Waals surface area contributed by atoms with Crippen LogP contribution >= 0.6 is 0 Å². The smallest absolute Gasteiger partial charge is 0.000696 e. The summed E-state index contributed by atoms with van der Waals surface area (Å²) in [5, 5.41) is 20.3. The first-order valence-electron chi connectivity index (χ1n) is 28.6. The van der Waals surface area contributed by atoms with Crippen LogP contribution in [0.15, 0.2) is 303 Å². The zero-order valence-corrected chi connectivity index (χ0v) is 44.9. The highest BCUT2D eigenvalue weighted by Crippen LogP contribution is 2.57. The first-order chi connectivity index (χ1) is 40.7. The number of hydrogen-bond donors (Lipinski definition) is 0. The van der Waals surface area contributed by atoms with E-state index in [1.807, 2.05) is 0 Å². The van der Waals surface area contributed by atoms with E-state index in [-0.39, 0.29) is 0 Å². The number of benzene rings is 15. The Balaban J connectivity index is 1.10. The normalized spacial score (nSPS) is 11.9. The first-order valence-corrected chi connectivity index (χ1v) is 28.6. The Morgan fingerprint density at radius 3 is 1.10 bits per heavy atom. The van der Waals surface area contributed by atoms with Crippen LogP contribution < -0.4 is 0 Å². The zero-order valence-electron chi connectivity index (χ0n) is 44.9. The van der Waals surface area contributed by atoms with E-state index in [0.717, 1.165) is 0 Å². The van der Waals surface area contributed by atoms with Crippen molar-refractivity contribution in [2.45, 2.75) is 0 Å². The summed E-state index contributed by atoms with van der Waals surface area (Å²) in [5.74, 6) is 0. The Labute approximate surface area is 475 Å². The molecule has 17 aromatic carbocycles. The molecule has 0 unspecified atom stereocenters. The summed E-state index contributed by atoms with van der Waals surface area (Å²) in [6.45, 7) is 0. The van der Waals surface area contributed by atoms with Gasteiger partial charge in [-0.25, -0.2) is 0 Å². The van der Waals surface area contributed by atoms with Gasteiger partial charge in [-0.15, -0.1) is 0 Å². The standard InChI is InChI=1S/C82H50/c1-6-22-51(23-7-1)58-42-59(52-24-8-2-9-25-52)45-62(44-58)76-75-50-73-67-41-40-57(65-34-19-18-33-64(65)55-30-14-5-15-31-55)48-72(67)69-37-21-38-70(78(69)73)80(75)77(63-46-60(53-26-10-3-11-27-53)43-61(47-63)54-28-12-4-13-29-54)82-74-49-56-32-16-17-35-66(56)68-36-20-39-71(79(68)74)81(76)82/h1-50H.